The van der Waals surface area contributed by atoms with E-state index >= 15 is 0 Å². The molecule has 0 radical (unpaired) electrons. The Kier molecular flexibility index (Phi) is 4.08. The summed E-state index contributed by atoms with van der Waals surface area (Å²) in [6.45, 7) is 4.64. The Morgan fingerprint density at radius 3 is 2.27 bits per heavy atom. The molecule has 1 fully saturated rings. The molecule has 2 nitrogen and oxygen atoms in total. The fourth-order valence-corrected chi connectivity index (χ4v) is 2.69. The molecule has 1 heterocycles. The van der Waals surface area contributed by atoms with E-state index in [1.165, 1.54) is 18.0 Å². The third-order valence-electron chi connectivity index (χ3n) is 2.51. The van der Waals surface area contributed by atoms with Gasteiger partial charge in [-0.05, 0) is 43.3 Å². The van der Waals surface area contributed by atoms with Crippen LogP contribution in [0.2, 0.25) is 0 Å². The topological polar surface area (TPSA) is 6.48 Å². The Labute approximate surface area is 104 Å². The molecular formula is C11H15BrN2S. The second-order valence-electron chi connectivity index (χ2n) is 3.78. The molecule has 15 heavy (non-hydrogen) atoms. The first-order valence-corrected chi connectivity index (χ1v) is 6.68. The molecule has 0 bridgehead atoms. The minimum Gasteiger partial charge on any atom is -0.304 e. The number of likely N-dealkylation sites (N-methyl/N-ethyl adjacent to an activating group) is 1. The van der Waals surface area contributed by atoms with Crippen LogP contribution in [0.15, 0.2) is 33.6 Å². The zero-order chi connectivity index (χ0) is 10.7. The van der Waals surface area contributed by atoms with Gasteiger partial charge >= 0.3 is 0 Å². The van der Waals surface area contributed by atoms with E-state index in [1.54, 1.807) is 0 Å². The minimum absolute atomic E-state index is 1.14. The van der Waals surface area contributed by atoms with Crippen LogP contribution in [0.3, 0.4) is 0 Å². The first-order chi connectivity index (χ1) is 7.24. The van der Waals surface area contributed by atoms with Gasteiger partial charge in [0.25, 0.3) is 0 Å². The highest BCUT2D eigenvalue weighted by atomic mass is 79.9. The van der Waals surface area contributed by atoms with E-state index in [-0.39, 0.29) is 0 Å². The van der Waals surface area contributed by atoms with Crippen molar-refractivity contribution in [3.05, 3.63) is 28.7 Å². The third kappa shape index (κ3) is 3.48. The standard InChI is InChI=1S/C11H15BrN2S/c1-13-6-8-14(9-7-13)15-11-4-2-10(12)3-5-11/h2-5H,6-9H2,1H3. The lowest BCUT2D eigenvalue weighted by Gasteiger charge is -2.31. The van der Waals surface area contributed by atoms with E-state index in [9.17, 15) is 0 Å². The number of hydrogen-bond acceptors (Lipinski definition) is 3. The molecule has 2 rings (SSSR count). The van der Waals surface area contributed by atoms with Crippen molar-refractivity contribution in [1.29, 1.82) is 0 Å². The van der Waals surface area contributed by atoms with Gasteiger partial charge in [0.1, 0.15) is 0 Å². The van der Waals surface area contributed by atoms with Crippen LogP contribution < -0.4 is 0 Å². The van der Waals surface area contributed by atoms with Gasteiger partial charge in [-0.1, -0.05) is 15.9 Å². The van der Waals surface area contributed by atoms with Gasteiger partial charge in [0, 0.05) is 35.5 Å². The lowest BCUT2D eigenvalue weighted by Crippen LogP contribution is -2.40. The van der Waals surface area contributed by atoms with Gasteiger partial charge in [-0.25, -0.2) is 4.31 Å². The van der Waals surface area contributed by atoms with Crippen LogP contribution in [-0.2, 0) is 0 Å². The molecule has 1 aliphatic rings. The SMILES string of the molecule is CN1CCN(Sc2ccc(Br)cc2)CC1. The predicted molar refractivity (Wildman–Crippen MR) is 69.1 cm³/mol. The van der Waals surface area contributed by atoms with Crippen molar-refractivity contribution < 1.29 is 0 Å². The lowest BCUT2D eigenvalue weighted by atomic mass is 10.4. The second kappa shape index (κ2) is 5.34. The van der Waals surface area contributed by atoms with Crippen LogP contribution in [0, 0.1) is 0 Å². The molecule has 1 saturated heterocycles. The zero-order valence-corrected chi connectivity index (χ0v) is 11.2. The highest BCUT2D eigenvalue weighted by molar-refractivity contribution is 9.10. The van der Waals surface area contributed by atoms with Crippen molar-refractivity contribution in [3.8, 4) is 0 Å². The number of piperazine rings is 1. The summed E-state index contributed by atoms with van der Waals surface area (Å²) < 4.78 is 3.58. The predicted octanol–water partition coefficient (Wildman–Crippen LogP) is 2.70. The van der Waals surface area contributed by atoms with Crippen molar-refractivity contribution in [2.45, 2.75) is 4.90 Å². The van der Waals surface area contributed by atoms with Crippen LogP contribution in [0.25, 0.3) is 0 Å². The molecular weight excluding hydrogens is 272 g/mol. The van der Waals surface area contributed by atoms with Crippen LogP contribution in [0.4, 0.5) is 0 Å². The van der Waals surface area contributed by atoms with Crippen LogP contribution in [0.5, 0.6) is 0 Å². The van der Waals surface area contributed by atoms with Crippen molar-refractivity contribution in [2.75, 3.05) is 33.2 Å². The van der Waals surface area contributed by atoms with Gasteiger partial charge in [-0.2, -0.15) is 0 Å². The van der Waals surface area contributed by atoms with E-state index in [0.717, 1.165) is 17.6 Å². The Bertz CT molecular complexity index is 307. The Morgan fingerprint density at radius 2 is 1.67 bits per heavy atom. The zero-order valence-electron chi connectivity index (χ0n) is 8.82. The maximum Gasteiger partial charge on any atom is 0.0231 e. The van der Waals surface area contributed by atoms with Crippen molar-refractivity contribution >= 4 is 27.9 Å². The monoisotopic (exact) mass is 286 g/mol. The molecule has 0 amide bonds. The Hall–Kier alpha value is -0.0300. The molecule has 0 aromatic heterocycles. The normalized spacial score (nSPS) is 19.3. The number of rotatable bonds is 2. The summed E-state index contributed by atoms with van der Waals surface area (Å²) in [7, 11) is 2.18. The Morgan fingerprint density at radius 1 is 1.07 bits per heavy atom. The molecule has 0 aliphatic carbocycles. The minimum atomic E-state index is 1.14. The third-order valence-corrected chi connectivity index (χ3v) is 4.15. The van der Waals surface area contributed by atoms with E-state index in [4.69, 9.17) is 0 Å². The fraction of sp³-hybridized carbons (Fsp3) is 0.455. The van der Waals surface area contributed by atoms with E-state index in [1.807, 2.05) is 11.9 Å². The number of nitrogens with zero attached hydrogens (tertiary/aromatic N) is 2. The van der Waals surface area contributed by atoms with Crippen molar-refractivity contribution in [2.24, 2.45) is 0 Å². The second-order valence-corrected chi connectivity index (χ2v) is 5.86. The molecule has 0 N–H and O–H groups in total. The largest absolute Gasteiger partial charge is 0.304 e. The highest BCUT2D eigenvalue weighted by Crippen LogP contribution is 2.24. The van der Waals surface area contributed by atoms with E-state index in [0.29, 0.717) is 0 Å². The summed E-state index contributed by atoms with van der Waals surface area (Å²) in [6.07, 6.45) is 0. The van der Waals surface area contributed by atoms with Gasteiger partial charge < -0.3 is 4.90 Å². The molecule has 0 atom stereocenters. The van der Waals surface area contributed by atoms with Gasteiger partial charge in [-0.3, -0.25) is 0 Å². The van der Waals surface area contributed by atoms with Gasteiger partial charge in [0.15, 0.2) is 0 Å². The molecule has 0 unspecified atom stereocenters. The maximum absolute atomic E-state index is 3.45. The smallest absolute Gasteiger partial charge is 0.0231 e. The van der Waals surface area contributed by atoms with Gasteiger partial charge in [0.05, 0.1) is 0 Å². The molecule has 1 aliphatic heterocycles. The molecule has 82 valence electrons. The van der Waals surface area contributed by atoms with Crippen molar-refractivity contribution in [1.82, 2.24) is 9.21 Å². The summed E-state index contributed by atoms with van der Waals surface area (Å²) >= 11 is 5.31. The van der Waals surface area contributed by atoms with Crippen LogP contribution in [0.1, 0.15) is 0 Å². The fourth-order valence-electron chi connectivity index (χ4n) is 1.52. The average Bonchev–Trinajstić information content (AvgIpc) is 2.25. The Balaban J connectivity index is 1.89. The van der Waals surface area contributed by atoms with Crippen LogP contribution in [-0.4, -0.2) is 42.4 Å². The summed E-state index contributed by atoms with van der Waals surface area (Å²) in [6, 6.07) is 8.51. The summed E-state index contributed by atoms with van der Waals surface area (Å²) in [5.74, 6) is 0. The number of benzene rings is 1. The number of halogens is 1. The summed E-state index contributed by atoms with van der Waals surface area (Å²) in [5.41, 5.74) is 0. The molecule has 0 spiro atoms. The molecule has 1 aromatic carbocycles. The molecule has 4 heteroatoms. The maximum atomic E-state index is 3.45. The van der Waals surface area contributed by atoms with Gasteiger partial charge in [0.2, 0.25) is 0 Å². The van der Waals surface area contributed by atoms with E-state index in [2.05, 4.69) is 56.4 Å². The molecule has 1 aromatic rings. The summed E-state index contributed by atoms with van der Waals surface area (Å²) in [4.78, 5) is 3.70. The highest BCUT2D eigenvalue weighted by Gasteiger charge is 2.14. The van der Waals surface area contributed by atoms with Crippen LogP contribution >= 0.6 is 27.9 Å². The van der Waals surface area contributed by atoms with Crippen molar-refractivity contribution in [3.63, 3.8) is 0 Å². The van der Waals surface area contributed by atoms with Gasteiger partial charge in [-0.15, -0.1) is 0 Å². The summed E-state index contributed by atoms with van der Waals surface area (Å²) in [5, 5.41) is 0. The quantitative estimate of drug-likeness (QED) is 0.772. The first-order valence-electron chi connectivity index (χ1n) is 5.11. The average molecular weight is 287 g/mol. The first kappa shape index (κ1) is 11.5. The van der Waals surface area contributed by atoms with E-state index < -0.39 is 0 Å². The molecule has 0 saturated carbocycles. The number of hydrogen-bond donors (Lipinski definition) is 0. The lowest BCUT2D eigenvalue weighted by molar-refractivity contribution is 0.233.